The molecule has 0 saturated carbocycles. The first-order valence-electron chi connectivity index (χ1n) is 34.3. The van der Waals surface area contributed by atoms with Crippen molar-refractivity contribution in [3.05, 3.63) is 72.9 Å². The molecule has 80 heavy (non-hydrogen) atoms. The van der Waals surface area contributed by atoms with Gasteiger partial charge in [-0.25, -0.2) is 0 Å². The van der Waals surface area contributed by atoms with Crippen LogP contribution in [0.5, 0.6) is 0 Å². The van der Waals surface area contributed by atoms with Crippen molar-refractivity contribution < 1.29 is 32.9 Å². The van der Waals surface area contributed by atoms with Crippen molar-refractivity contribution in [3.63, 3.8) is 0 Å². The maximum absolute atomic E-state index is 13.0. The third kappa shape index (κ3) is 63.5. The van der Waals surface area contributed by atoms with Crippen molar-refractivity contribution in [1.29, 1.82) is 0 Å². The quantitative estimate of drug-likeness (QED) is 0.0272. The average Bonchev–Trinajstić information content (AvgIpc) is 3.42. The molecule has 0 bridgehead atoms. The molecule has 0 fully saturated rings. The molecule has 0 rings (SSSR count). The van der Waals surface area contributed by atoms with E-state index < -0.39 is 26.6 Å². The molecule has 0 aromatic rings. The zero-order valence-corrected chi connectivity index (χ0v) is 54.4. The van der Waals surface area contributed by atoms with Crippen LogP contribution in [0.1, 0.15) is 322 Å². The molecule has 0 saturated heterocycles. The van der Waals surface area contributed by atoms with E-state index in [9.17, 15) is 19.4 Å². The van der Waals surface area contributed by atoms with E-state index >= 15 is 0 Å². The number of aliphatic hydroxyl groups excluding tert-OH is 1. The molecule has 0 aliphatic heterocycles. The summed E-state index contributed by atoms with van der Waals surface area (Å²) >= 11 is 0. The van der Waals surface area contributed by atoms with Crippen molar-refractivity contribution in [2.24, 2.45) is 0 Å². The number of phosphoric ester groups is 1. The van der Waals surface area contributed by atoms with Crippen LogP contribution >= 0.6 is 7.82 Å². The second-order valence-electron chi connectivity index (χ2n) is 24.5. The molecule has 8 nitrogen and oxygen atoms in total. The van der Waals surface area contributed by atoms with E-state index in [0.717, 1.165) is 64.2 Å². The topological polar surface area (TPSA) is 108 Å². The van der Waals surface area contributed by atoms with Gasteiger partial charge < -0.3 is 28.8 Å². The maximum atomic E-state index is 13.0. The fraction of sp³-hybridized carbons (Fsp3) is 0.817. The molecule has 0 heterocycles. The van der Waals surface area contributed by atoms with E-state index in [1.54, 1.807) is 6.08 Å². The number of nitrogens with one attached hydrogen (secondary N) is 1. The summed E-state index contributed by atoms with van der Waals surface area (Å²) in [4.78, 5) is 25.6. The Bertz CT molecular complexity index is 1530. The summed E-state index contributed by atoms with van der Waals surface area (Å²) in [6.07, 6.45) is 86.0. The smallest absolute Gasteiger partial charge is 0.268 e. The van der Waals surface area contributed by atoms with Gasteiger partial charge in [0.2, 0.25) is 5.91 Å². The number of allylic oxidation sites excluding steroid dienone is 11. The Morgan fingerprint density at radius 1 is 0.450 bits per heavy atom. The lowest BCUT2D eigenvalue weighted by Gasteiger charge is -2.29. The summed E-state index contributed by atoms with van der Waals surface area (Å²) < 4.78 is 23.4. The molecule has 2 N–H and O–H groups in total. The lowest BCUT2D eigenvalue weighted by molar-refractivity contribution is -0.870. The van der Waals surface area contributed by atoms with Gasteiger partial charge in [-0.3, -0.25) is 9.36 Å². The second-order valence-corrected chi connectivity index (χ2v) is 25.9. The van der Waals surface area contributed by atoms with Crippen LogP contribution in [0.25, 0.3) is 0 Å². The summed E-state index contributed by atoms with van der Waals surface area (Å²) in [6.45, 7) is 4.56. The molecule has 3 atom stereocenters. The highest BCUT2D eigenvalue weighted by Crippen LogP contribution is 2.38. The molecular weight excluding hydrogens is 1010 g/mol. The SMILES string of the molecule is CC/C=C\C/C=C\C/C=C\C/C=C\CCCCCCCCCCCCCCCCCCCCCCCCC(=O)NC(COP(=O)([O-])OCC[N+](C)(C)C)C(O)/C=C/CC/C=C/CCCCCCCCCCCCCCCCCCC. The predicted molar refractivity (Wildman–Crippen MR) is 348 cm³/mol. The Hall–Kier alpha value is -2.06. The van der Waals surface area contributed by atoms with Gasteiger partial charge in [-0.2, -0.15) is 0 Å². The lowest BCUT2D eigenvalue weighted by Crippen LogP contribution is -2.45. The third-order valence-corrected chi connectivity index (χ3v) is 16.4. The van der Waals surface area contributed by atoms with Gasteiger partial charge in [-0.15, -0.1) is 0 Å². The maximum Gasteiger partial charge on any atom is 0.268 e. The van der Waals surface area contributed by atoms with E-state index in [1.165, 1.54) is 238 Å². The number of amides is 1. The number of hydrogen-bond acceptors (Lipinski definition) is 6. The van der Waals surface area contributed by atoms with Gasteiger partial charge in [0.15, 0.2) is 0 Å². The second kappa shape index (κ2) is 61.5. The Kier molecular flexibility index (Phi) is 59.9. The van der Waals surface area contributed by atoms with Gasteiger partial charge in [0.1, 0.15) is 13.2 Å². The molecular formula is C71H133N2O6P. The van der Waals surface area contributed by atoms with E-state index in [-0.39, 0.29) is 12.5 Å². The number of hydrogen-bond donors (Lipinski definition) is 2. The standard InChI is InChI=1S/C71H133N2O6P/c1-6-8-10-12-14-16-18-20-22-24-26-28-30-31-32-33-34-35-36-37-38-39-40-41-43-45-47-49-51-53-55-57-59-61-63-65-71(75)72-69(68-79-80(76,77)78-67-66-73(3,4)5)70(74)64-62-60-58-56-54-52-50-48-46-44-42-29-27-25-23-21-19-17-15-13-11-9-7-2/h8,10,14,16,20,22,26,28,54,56,62,64,69-70,74H,6-7,9,11-13,15,17-19,21,23-25,27,29-53,55,57-61,63,65-68H2,1-5H3,(H-,72,75,76,77)/b10-8-,16-14-,22-20-,28-26-,56-54+,64-62+. The molecule has 1 amide bonds. The van der Waals surface area contributed by atoms with Crippen LogP contribution < -0.4 is 10.2 Å². The number of likely N-dealkylation sites (N-methyl/N-ethyl adjacent to an activating group) is 1. The van der Waals surface area contributed by atoms with Gasteiger partial charge in [-0.1, -0.05) is 318 Å². The van der Waals surface area contributed by atoms with E-state index in [4.69, 9.17) is 9.05 Å². The highest BCUT2D eigenvalue weighted by Gasteiger charge is 2.23. The summed E-state index contributed by atoms with van der Waals surface area (Å²) in [5, 5.41) is 13.9. The Morgan fingerprint density at radius 2 is 0.775 bits per heavy atom. The monoisotopic (exact) mass is 1140 g/mol. The minimum absolute atomic E-state index is 0.00627. The third-order valence-electron chi connectivity index (χ3n) is 15.4. The van der Waals surface area contributed by atoms with Crippen molar-refractivity contribution in [2.75, 3.05) is 40.9 Å². The zero-order valence-electron chi connectivity index (χ0n) is 53.5. The predicted octanol–water partition coefficient (Wildman–Crippen LogP) is 21.1. The highest BCUT2D eigenvalue weighted by molar-refractivity contribution is 7.45. The molecule has 0 aromatic carbocycles. The van der Waals surface area contributed by atoms with Crippen molar-refractivity contribution in [3.8, 4) is 0 Å². The van der Waals surface area contributed by atoms with Crippen molar-refractivity contribution in [2.45, 2.75) is 334 Å². The number of aliphatic hydroxyl groups is 1. The van der Waals surface area contributed by atoms with E-state index in [0.29, 0.717) is 17.4 Å². The molecule has 0 aliphatic rings. The van der Waals surface area contributed by atoms with Crippen LogP contribution in [0.15, 0.2) is 72.9 Å². The average molecular weight is 1140 g/mol. The largest absolute Gasteiger partial charge is 0.756 e. The summed E-state index contributed by atoms with van der Waals surface area (Å²) in [5.74, 6) is -0.202. The van der Waals surface area contributed by atoms with Crippen molar-refractivity contribution >= 4 is 13.7 Å². The van der Waals surface area contributed by atoms with Gasteiger partial charge >= 0.3 is 0 Å². The number of phosphoric acid groups is 1. The number of unbranched alkanes of at least 4 members (excludes halogenated alkanes) is 40. The minimum atomic E-state index is -4.61. The first kappa shape index (κ1) is 77.9. The van der Waals surface area contributed by atoms with Crippen LogP contribution in [0.3, 0.4) is 0 Å². The molecule has 468 valence electrons. The normalized spacial score (nSPS) is 14.1. The van der Waals surface area contributed by atoms with Gasteiger partial charge in [-0.05, 0) is 70.6 Å². The zero-order chi connectivity index (χ0) is 58.4. The van der Waals surface area contributed by atoms with E-state index in [1.807, 2.05) is 27.2 Å². The number of carbonyl (C=O) groups excluding carboxylic acids is 1. The van der Waals surface area contributed by atoms with Crippen LogP contribution in [-0.2, 0) is 18.4 Å². The van der Waals surface area contributed by atoms with E-state index in [2.05, 4.69) is 79.9 Å². The number of nitrogens with zero attached hydrogens (tertiary/aromatic N) is 1. The summed E-state index contributed by atoms with van der Waals surface area (Å²) in [6, 6.07) is -0.905. The van der Waals surface area contributed by atoms with Gasteiger partial charge in [0.05, 0.1) is 39.9 Å². The summed E-state index contributed by atoms with van der Waals surface area (Å²) in [7, 11) is 1.25. The fourth-order valence-corrected chi connectivity index (χ4v) is 10.8. The first-order chi connectivity index (χ1) is 39.0. The molecule has 0 spiro atoms. The molecule has 0 aromatic heterocycles. The van der Waals surface area contributed by atoms with Crippen LogP contribution in [0, 0.1) is 0 Å². The number of quaternary nitrogens is 1. The Balaban J connectivity index is 4.05. The van der Waals surface area contributed by atoms with Crippen molar-refractivity contribution in [1.82, 2.24) is 5.32 Å². The van der Waals surface area contributed by atoms with Crippen LogP contribution in [0.2, 0.25) is 0 Å². The first-order valence-corrected chi connectivity index (χ1v) is 35.8. The Morgan fingerprint density at radius 3 is 1.16 bits per heavy atom. The Labute approximate surface area is 497 Å². The summed E-state index contributed by atoms with van der Waals surface area (Å²) in [5.41, 5.74) is 0. The molecule has 0 aliphatic carbocycles. The van der Waals surface area contributed by atoms with Gasteiger partial charge in [0, 0.05) is 6.42 Å². The fourth-order valence-electron chi connectivity index (χ4n) is 10.1. The minimum Gasteiger partial charge on any atom is -0.756 e. The molecule has 3 unspecified atom stereocenters. The number of carbonyl (C=O) groups is 1. The van der Waals surface area contributed by atoms with Crippen LogP contribution in [-0.4, -0.2) is 68.5 Å². The number of rotatable bonds is 63. The highest BCUT2D eigenvalue weighted by atomic mass is 31.2. The van der Waals surface area contributed by atoms with Gasteiger partial charge in [0.25, 0.3) is 7.82 Å². The van der Waals surface area contributed by atoms with Crippen LogP contribution in [0.4, 0.5) is 0 Å². The molecule has 9 heteroatoms. The lowest BCUT2D eigenvalue weighted by atomic mass is 10.0. The molecule has 0 radical (unpaired) electrons.